The molecule has 4 heteroatoms. The topological polar surface area (TPSA) is 39.3 Å². The molecule has 28 heavy (non-hydrogen) atoms. The van der Waals surface area contributed by atoms with Crippen LogP contribution in [0, 0.1) is 0 Å². The Balaban J connectivity index is 1.86. The molecule has 0 aliphatic carbocycles. The number of hydrogen-bond acceptors (Lipinski definition) is 2. The molecule has 0 aliphatic heterocycles. The van der Waals surface area contributed by atoms with Crippen LogP contribution >= 0.6 is 0 Å². The van der Waals surface area contributed by atoms with Gasteiger partial charge in [-0.2, -0.15) is 0 Å². The Hall–Kier alpha value is -3.92. The maximum Gasteiger partial charge on any atom is 0.265 e. The lowest BCUT2D eigenvalue weighted by Crippen LogP contribution is -2.15. The number of pyridine rings is 1. The van der Waals surface area contributed by atoms with E-state index in [1.807, 2.05) is 66.9 Å². The zero-order chi connectivity index (χ0) is 18.7. The molecule has 0 unspecified atom stereocenters. The van der Waals surface area contributed by atoms with Crippen LogP contribution in [0.15, 0.2) is 95.9 Å². The second kappa shape index (κ2) is 5.54. The van der Waals surface area contributed by atoms with Crippen molar-refractivity contribution in [3.05, 3.63) is 101 Å². The fourth-order valence-corrected chi connectivity index (χ4v) is 4.06. The third kappa shape index (κ3) is 2.00. The molecule has 0 saturated heterocycles. The Morgan fingerprint density at radius 1 is 0.679 bits per heavy atom. The Labute approximate surface area is 159 Å². The van der Waals surface area contributed by atoms with Gasteiger partial charge in [-0.05, 0) is 36.4 Å². The van der Waals surface area contributed by atoms with Crippen LogP contribution in [0.4, 0.5) is 0 Å². The van der Waals surface area contributed by atoms with Crippen molar-refractivity contribution < 1.29 is 0 Å². The summed E-state index contributed by atoms with van der Waals surface area (Å²) in [6.07, 6.45) is 1.92. The third-order valence-corrected chi connectivity index (χ3v) is 5.33. The Morgan fingerprint density at radius 2 is 1.39 bits per heavy atom. The summed E-state index contributed by atoms with van der Waals surface area (Å²) in [7, 11) is 0. The fourth-order valence-electron chi connectivity index (χ4n) is 4.06. The monoisotopic (exact) mass is 361 g/mol. The molecule has 0 bridgehead atoms. The highest BCUT2D eigenvalue weighted by molar-refractivity contribution is 6.10. The van der Waals surface area contributed by atoms with Gasteiger partial charge < -0.3 is 4.57 Å². The molecule has 6 aromatic rings. The van der Waals surface area contributed by atoms with Crippen molar-refractivity contribution in [3.63, 3.8) is 0 Å². The van der Waals surface area contributed by atoms with Crippen LogP contribution in [-0.2, 0) is 0 Å². The van der Waals surface area contributed by atoms with Crippen molar-refractivity contribution in [3.8, 4) is 5.69 Å². The van der Waals surface area contributed by atoms with Crippen LogP contribution in [-0.4, -0.2) is 14.0 Å². The van der Waals surface area contributed by atoms with Gasteiger partial charge in [0.2, 0.25) is 0 Å². The molecule has 0 aliphatic rings. The minimum Gasteiger partial charge on any atom is -0.308 e. The van der Waals surface area contributed by atoms with Gasteiger partial charge in [-0.25, -0.2) is 4.98 Å². The average molecular weight is 361 g/mol. The molecule has 4 nitrogen and oxygen atoms in total. The van der Waals surface area contributed by atoms with Gasteiger partial charge in [0.25, 0.3) is 5.56 Å². The maximum atomic E-state index is 13.1. The first-order chi connectivity index (χ1) is 13.8. The van der Waals surface area contributed by atoms with Crippen LogP contribution < -0.4 is 5.56 Å². The lowest BCUT2D eigenvalue weighted by molar-refractivity contribution is 1.07. The molecule has 6 rings (SSSR count). The van der Waals surface area contributed by atoms with Crippen LogP contribution in [0.2, 0.25) is 0 Å². The van der Waals surface area contributed by atoms with Crippen molar-refractivity contribution in [1.29, 1.82) is 0 Å². The number of benzene rings is 3. The molecule has 0 fully saturated rings. The van der Waals surface area contributed by atoms with Gasteiger partial charge in [0.05, 0.1) is 21.9 Å². The predicted molar refractivity (Wildman–Crippen MR) is 113 cm³/mol. The van der Waals surface area contributed by atoms with Gasteiger partial charge in [-0.15, -0.1) is 0 Å². The highest BCUT2D eigenvalue weighted by atomic mass is 16.1. The highest BCUT2D eigenvalue weighted by Crippen LogP contribution is 2.32. The van der Waals surface area contributed by atoms with E-state index in [0.29, 0.717) is 11.0 Å². The lowest BCUT2D eigenvalue weighted by atomic mass is 10.2. The van der Waals surface area contributed by atoms with E-state index in [9.17, 15) is 4.79 Å². The van der Waals surface area contributed by atoms with Gasteiger partial charge in [-0.1, -0.05) is 48.5 Å². The summed E-state index contributed by atoms with van der Waals surface area (Å²) >= 11 is 0. The van der Waals surface area contributed by atoms with E-state index < -0.39 is 0 Å². The number of fused-ring (bicyclic) bond motifs is 5. The van der Waals surface area contributed by atoms with Crippen molar-refractivity contribution in [2.75, 3.05) is 0 Å². The minimum absolute atomic E-state index is 0.0487. The number of nitrogens with zero attached hydrogens (tertiary/aromatic N) is 3. The fraction of sp³-hybridized carbons (Fsp3) is 0. The molecular formula is C24H15N3O. The molecule has 0 N–H and O–H groups in total. The van der Waals surface area contributed by atoms with Gasteiger partial charge >= 0.3 is 0 Å². The first kappa shape index (κ1) is 15.2. The SMILES string of the molecule is O=c1c2ccccc2nc2cc3c4ccccc4n(-c4ccccc4)c3cn12. The smallest absolute Gasteiger partial charge is 0.265 e. The molecular weight excluding hydrogens is 346 g/mol. The molecule has 0 spiro atoms. The normalized spacial score (nSPS) is 11.7. The van der Waals surface area contributed by atoms with Gasteiger partial charge in [0.15, 0.2) is 0 Å². The molecule has 0 atom stereocenters. The number of hydrogen-bond donors (Lipinski definition) is 0. The Morgan fingerprint density at radius 3 is 2.25 bits per heavy atom. The van der Waals surface area contributed by atoms with E-state index in [1.54, 1.807) is 4.40 Å². The predicted octanol–water partition coefficient (Wildman–Crippen LogP) is 4.94. The van der Waals surface area contributed by atoms with Crippen molar-refractivity contribution >= 4 is 38.4 Å². The summed E-state index contributed by atoms with van der Waals surface area (Å²) < 4.78 is 3.86. The van der Waals surface area contributed by atoms with E-state index in [2.05, 4.69) is 28.8 Å². The molecule has 0 amide bonds. The second-order valence-electron chi connectivity index (χ2n) is 6.92. The highest BCUT2D eigenvalue weighted by Gasteiger charge is 2.14. The molecule has 0 radical (unpaired) electrons. The van der Waals surface area contributed by atoms with Gasteiger partial charge in [-0.3, -0.25) is 9.20 Å². The largest absolute Gasteiger partial charge is 0.308 e. The standard InChI is InChI=1S/C24H15N3O/c28-24-18-11-4-6-12-20(18)25-23-14-19-17-10-5-7-13-21(17)27(22(19)15-26(23)24)16-8-2-1-3-9-16/h1-15H. The van der Waals surface area contributed by atoms with E-state index >= 15 is 0 Å². The maximum absolute atomic E-state index is 13.1. The van der Waals surface area contributed by atoms with Gasteiger partial charge in [0, 0.05) is 22.7 Å². The summed E-state index contributed by atoms with van der Waals surface area (Å²) in [6, 6.07) is 28.0. The number of para-hydroxylation sites is 3. The molecule has 3 aromatic carbocycles. The molecule has 3 aromatic heterocycles. The molecule has 3 heterocycles. The quantitative estimate of drug-likeness (QED) is 0.389. The van der Waals surface area contributed by atoms with Crippen LogP contribution in [0.25, 0.3) is 44.0 Å². The Bertz CT molecular complexity index is 1580. The van der Waals surface area contributed by atoms with E-state index in [4.69, 9.17) is 4.98 Å². The first-order valence-electron chi connectivity index (χ1n) is 9.21. The van der Waals surface area contributed by atoms with E-state index in [0.717, 1.165) is 33.0 Å². The van der Waals surface area contributed by atoms with E-state index in [-0.39, 0.29) is 5.56 Å². The van der Waals surface area contributed by atoms with Crippen molar-refractivity contribution in [2.24, 2.45) is 0 Å². The average Bonchev–Trinajstić information content (AvgIpc) is 3.07. The first-order valence-corrected chi connectivity index (χ1v) is 9.21. The summed E-state index contributed by atoms with van der Waals surface area (Å²) in [5.74, 6) is 0. The van der Waals surface area contributed by atoms with Gasteiger partial charge in [0.1, 0.15) is 5.65 Å². The van der Waals surface area contributed by atoms with Crippen molar-refractivity contribution in [1.82, 2.24) is 14.0 Å². The summed E-state index contributed by atoms with van der Waals surface area (Å²) in [5, 5.41) is 2.86. The lowest BCUT2D eigenvalue weighted by Gasteiger charge is -2.08. The summed E-state index contributed by atoms with van der Waals surface area (Å²) in [4.78, 5) is 17.8. The van der Waals surface area contributed by atoms with Crippen molar-refractivity contribution in [2.45, 2.75) is 0 Å². The number of rotatable bonds is 1. The summed E-state index contributed by atoms with van der Waals surface area (Å²) in [5.41, 5.74) is 4.49. The zero-order valence-electron chi connectivity index (χ0n) is 14.9. The minimum atomic E-state index is -0.0487. The second-order valence-corrected chi connectivity index (χ2v) is 6.92. The third-order valence-electron chi connectivity index (χ3n) is 5.33. The summed E-state index contributed by atoms with van der Waals surface area (Å²) in [6.45, 7) is 0. The Kier molecular flexibility index (Phi) is 3.00. The molecule has 132 valence electrons. The zero-order valence-corrected chi connectivity index (χ0v) is 14.9. The molecule has 0 saturated carbocycles. The van der Waals surface area contributed by atoms with Crippen LogP contribution in [0.1, 0.15) is 0 Å². The van der Waals surface area contributed by atoms with Crippen LogP contribution in [0.3, 0.4) is 0 Å². The van der Waals surface area contributed by atoms with Crippen LogP contribution in [0.5, 0.6) is 0 Å². The van der Waals surface area contributed by atoms with E-state index in [1.165, 1.54) is 0 Å². The number of aromatic nitrogens is 3.